The van der Waals surface area contributed by atoms with Crippen LogP contribution in [0.2, 0.25) is 10.0 Å². The molecule has 4 nitrogen and oxygen atoms in total. The summed E-state index contributed by atoms with van der Waals surface area (Å²) in [6.45, 7) is 3.05. The van der Waals surface area contributed by atoms with E-state index < -0.39 is 0 Å². The Morgan fingerprint density at radius 1 is 1.04 bits per heavy atom. The highest BCUT2D eigenvalue weighted by Crippen LogP contribution is 2.34. The van der Waals surface area contributed by atoms with Gasteiger partial charge < -0.3 is 14.5 Å². The molecule has 1 aliphatic heterocycles. The van der Waals surface area contributed by atoms with Crippen molar-refractivity contribution in [2.45, 2.75) is 4.90 Å². The van der Waals surface area contributed by atoms with E-state index in [9.17, 15) is 4.79 Å². The van der Waals surface area contributed by atoms with E-state index in [1.165, 1.54) is 11.8 Å². The Bertz CT molecular complexity index is 742. The van der Waals surface area contributed by atoms with Gasteiger partial charge in [0.2, 0.25) is 5.91 Å². The van der Waals surface area contributed by atoms with Crippen molar-refractivity contribution in [3.8, 4) is 5.75 Å². The lowest BCUT2D eigenvalue weighted by Gasteiger charge is -2.36. The number of hydrogen-bond donors (Lipinski definition) is 0. The molecule has 0 bridgehead atoms. The molecule has 2 aromatic carbocycles. The minimum Gasteiger partial charge on any atom is -0.497 e. The third-order valence-electron chi connectivity index (χ3n) is 4.33. The topological polar surface area (TPSA) is 32.8 Å². The molecule has 0 saturated carbocycles. The van der Waals surface area contributed by atoms with Crippen LogP contribution in [0.4, 0.5) is 5.69 Å². The molecule has 7 heteroatoms. The Hall–Kier alpha value is -1.56. The van der Waals surface area contributed by atoms with Crippen LogP contribution in [0, 0.1) is 0 Å². The number of amides is 1. The lowest BCUT2D eigenvalue weighted by molar-refractivity contribution is -0.128. The minimum absolute atomic E-state index is 0.111. The number of rotatable bonds is 5. The average Bonchev–Trinajstić information content (AvgIpc) is 2.67. The number of ether oxygens (including phenoxy) is 1. The Labute approximate surface area is 168 Å². The first-order valence-corrected chi connectivity index (χ1v) is 10.1. The SMILES string of the molecule is COc1ccc(N2CCN(C(=O)CSc3c(Cl)cccc3Cl)CC2)cc1. The summed E-state index contributed by atoms with van der Waals surface area (Å²) in [4.78, 5) is 17.4. The number of nitrogens with zero attached hydrogens (tertiary/aromatic N) is 2. The van der Waals surface area contributed by atoms with Crippen molar-refractivity contribution in [2.75, 3.05) is 43.9 Å². The molecule has 26 heavy (non-hydrogen) atoms. The largest absolute Gasteiger partial charge is 0.497 e. The molecule has 0 spiro atoms. The summed E-state index contributed by atoms with van der Waals surface area (Å²) in [5.74, 6) is 1.30. The second kappa shape index (κ2) is 8.89. The maximum Gasteiger partial charge on any atom is 0.233 e. The summed E-state index contributed by atoms with van der Waals surface area (Å²) >= 11 is 13.7. The van der Waals surface area contributed by atoms with E-state index in [0.717, 1.165) is 29.4 Å². The first-order chi connectivity index (χ1) is 12.6. The zero-order valence-electron chi connectivity index (χ0n) is 14.5. The van der Waals surface area contributed by atoms with Crippen molar-refractivity contribution >= 4 is 46.6 Å². The van der Waals surface area contributed by atoms with Gasteiger partial charge in [-0.2, -0.15) is 0 Å². The molecular weight excluding hydrogens is 391 g/mol. The molecule has 0 radical (unpaired) electrons. The van der Waals surface area contributed by atoms with Crippen LogP contribution in [-0.4, -0.2) is 49.8 Å². The molecule has 1 heterocycles. The molecule has 0 aromatic heterocycles. The molecule has 3 rings (SSSR count). The number of carbonyl (C=O) groups is 1. The van der Waals surface area contributed by atoms with E-state index in [-0.39, 0.29) is 5.91 Å². The van der Waals surface area contributed by atoms with Crippen LogP contribution in [-0.2, 0) is 4.79 Å². The van der Waals surface area contributed by atoms with E-state index in [4.69, 9.17) is 27.9 Å². The standard InChI is InChI=1S/C19H20Cl2N2O2S/c1-25-15-7-5-14(6-8-15)22-9-11-23(12-10-22)18(24)13-26-19-16(20)3-2-4-17(19)21/h2-8H,9-13H2,1H3. The van der Waals surface area contributed by atoms with Gasteiger partial charge in [0.05, 0.1) is 22.9 Å². The van der Waals surface area contributed by atoms with Gasteiger partial charge in [-0.3, -0.25) is 4.79 Å². The Morgan fingerprint density at radius 3 is 2.23 bits per heavy atom. The van der Waals surface area contributed by atoms with Gasteiger partial charge in [0.25, 0.3) is 0 Å². The molecule has 1 amide bonds. The maximum atomic E-state index is 12.5. The smallest absolute Gasteiger partial charge is 0.233 e. The van der Waals surface area contributed by atoms with Crippen LogP contribution in [0.1, 0.15) is 0 Å². The van der Waals surface area contributed by atoms with Gasteiger partial charge in [-0.15, -0.1) is 11.8 Å². The highest BCUT2D eigenvalue weighted by Gasteiger charge is 2.22. The molecule has 138 valence electrons. The van der Waals surface area contributed by atoms with Crippen molar-refractivity contribution in [1.29, 1.82) is 0 Å². The molecule has 0 unspecified atom stereocenters. The Balaban J connectivity index is 1.51. The second-order valence-electron chi connectivity index (χ2n) is 5.91. The van der Waals surface area contributed by atoms with Crippen molar-refractivity contribution in [3.63, 3.8) is 0 Å². The summed E-state index contributed by atoms with van der Waals surface area (Å²) in [7, 11) is 1.66. The van der Waals surface area contributed by atoms with Crippen LogP contribution >= 0.6 is 35.0 Å². The average molecular weight is 411 g/mol. The predicted molar refractivity (Wildman–Crippen MR) is 109 cm³/mol. The number of halogens is 2. The van der Waals surface area contributed by atoms with Gasteiger partial charge in [0, 0.05) is 36.8 Å². The Kier molecular flexibility index (Phi) is 6.57. The number of benzene rings is 2. The third kappa shape index (κ3) is 4.58. The van der Waals surface area contributed by atoms with Gasteiger partial charge in [-0.25, -0.2) is 0 Å². The Morgan fingerprint density at radius 2 is 1.65 bits per heavy atom. The lowest BCUT2D eigenvalue weighted by atomic mass is 10.2. The monoisotopic (exact) mass is 410 g/mol. The summed E-state index contributed by atoms with van der Waals surface area (Å²) in [5, 5.41) is 1.17. The minimum atomic E-state index is 0.111. The molecule has 1 aliphatic rings. The molecule has 0 atom stereocenters. The summed E-state index contributed by atoms with van der Waals surface area (Å²) < 4.78 is 5.19. The van der Waals surface area contributed by atoms with Crippen molar-refractivity contribution in [2.24, 2.45) is 0 Å². The number of hydrogen-bond acceptors (Lipinski definition) is 4. The maximum absolute atomic E-state index is 12.5. The van der Waals surface area contributed by atoms with Gasteiger partial charge in [0.15, 0.2) is 0 Å². The molecule has 1 fully saturated rings. The number of thioether (sulfide) groups is 1. The van der Waals surface area contributed by atoms with Crippen LogP contribution < -0.4 is 9.64 Å². The van der Waals surface area contributed by atoms with Gasteiger partial charge in [0.1, 0.15) is 5.75 Å². The van der Waals surface area contributed by atoms with Crippen molar-refractivity contribution < 1.29 is 9.53 Å². The first-order valence-electron chi connectivity index (χ1n) is 8.32. The summed E-state index contributed by atoms with van der Waals surface area (Å²) in [6.07, 6.45) is 0. The zero-order valence-corrected chi connectivity index (χ0v) is 16.8. The van der Waals surface area contributed by atoms with E-state index in [1.54, 1.807) is 25.3 Å². The first kappa shape index (κ1) is 19.2. The summed E-state index contributed by atoms with van der Waals surface area (Å²) in [5.41, 5.74) is 1.15. The highest BCUT2D eigenvalue weighted by atomic mass is 35.5. The molecule has 0 aliphatic carbocycles. The lowest BCUT2D eigenvalue weighted by Crippen LogP contribution is -2.49. The van der Waals surface area contributed by atoms with Gasteiger partial charge in [-0.1, -0.05) is 29.3 Å². The van der Waals surface area contributed by atoms with Crippen LogP contribution in [0.5, 0.6) is 5.75 Å². The third-order valence-corrected chi connectivity index (χ3v) is 6.30. The number of anilines is 1. The number of carbonyl (C=O) groups excluding carboxylic acids is 1. The van der Waals surface area contributed by atoms with Crippen LogP contribution in [0.25, 0.3) is 0 Å². The van der Waals surface area contributed by atoms with E-state index in [1.807, 2.05) is 29.2 Å². The molecule has 2 aromatic rings. The molecule has 1 saturated heterocycles. The van der Waals surface area contributed by atoms with Crippen molar-refractivity contribution in [3.05, 3.63) is 52.5 Å². The van der Waals surface area contributed by atoms with Crippen LogP contribution in [0.15, 0.2) is 47.4 Å². The zero-order chi connectivity index (χ0) is 18.5. The number of methoxy groups -OCH3 is 1. The fourth-order valence-corrected chi connectivity index (χ4v) is 4.44. The van der Waals surface area contributed by atoms with E-state index in [0.29, 0.717) is 28.9 Å². The van der Waals surface area contributed by atoms with Gasteiger partial charge in [-0.05, 0) is 36.4 Å². The quantitative estimate of drug-likeness (QED) is 0.681. The molecule has 0 N–H and O–H groups in total. The predicted octanol–water partition coefficient (Wildman–Crippen LogP) is 4.44. The summed E-state index contributed by atoms with van der Waals surface area (Å²) in [6, 6.07) is 13.4. The second-order valence-corrected chi connectivity index (χ2v) is 7.71. The fourth-order valence-electron chi connectivity index (χ4n) is 2.85. The van der Waals surface area contributed by atoms with Gasteiger partial charge >= 0.3 is 0 Å². The van der Waals surface area contributed by atoms with Crippen LogP contribution in [0.3, 0.4) is 0 Å². The molecular formula is C19H20Cl2N2O2S. The highest BCUT2D eigenvalue weighted by molar-refractivity contribution is 8.00. The van der Waals surface area contributed by atoms with E-state index in [2.05, 4.69) is 4.90 Å². The van der Waals surface area contributed by atoms with E-state index >= 15 is 0 Å². The normalized spacial score (nSPS) is 14.4. The number of piperazine rings is 1. The van der Waals surface area contributed by atoms with Crippen molar-refractivity contribution in [1.82, 2.24) is 4.90 Å². The fraction of sp³-hybridized carbons (Fsp3) is 0.316.